The number of aromatic nitrogens is 2. The van der Waals surface area contributed by atoms with E-state index in [2.05, 4.69) is 65.6 Å². The second kappa shape index (κ2) is 15.7. The monoisotopic (exact) mass is 619 g/mol. The molecule has 9 heteroatoms. The summed E-state index contributed by atoms with van der Waals surface area (Å²) in [5.41, 5.74) is 5.91. The maximum absolute atomic E-state index is 13.5. The predicted molar refractivity (Wildman–Crippen MR) is 182 cm³/mol. The third-order valence-corrected chi connectivity index (χ3v) is 9.07. The van der Waals surface area contributed by atoms with E-state index < -0.39 is 0 Å². The van der Waals surface area contributed by atoms with Crippen LogP contribution in [0.4, 0.5) is 5.82 Å². The van der Waals surface area contributed by atoms with Crippen LogP contribution in [0.25, 0.3) is 10.8 Å². The summed E-state index contributed by atoms with van der Waals surface area (Å²) in [6, 6.07) is 24.1. The number of carbonyl (C=O) groups excluding carboxylic acids is 2. The minimum Gasteiger partial charge on any atom is -0.313 e. The molecule has 4 aromatic rings. The molecular formula is C37H45N7O2. The van der Waals surface area contributed by atoms with Crippen molar-refractivity contribution in [2.24, 2.45) is 5.92 Å². The first kappa shape index (κ1) is 32.9. The van der Waals surface area contributed by atoms with Crippen LogP contribution in [0.2, 0.25) is 0 Å². The van der Waals surface area contributed by atoms with E-state index in [1.54, 1.807) is 31.6 Å². The molecule has 5 rings (SSSR count). The molecule has 0 aliphatic carbocycles. The van der Waals surface area contributed by atoms with Gasteiger partial charge in [-0.2, -0.15) is 5.26 Å². The number of hydrazine groups is 1. The van der Waals surface area contributed by atoms with E-state index in [-0.39, 0.29) is 30.3 Å². The molecular weight excluding hydrogens is 574 g/mol. The van der Waals surface area contributed by atoms with Crippen molar-refractivity contribution in [2.75, 3.05) is 31.1 Å². The van der Waals surface area contributed by atoms with Crippen LogP contribution in [-0.2, 0) is 22.7 Å². The molecule has 0 radical (unpaired) electrons. The fraction of sp³-hybridized carbons (Fsp3) is 0.405. The van der Waals surface area contributed by atoms with Crippen molar-refractivity contribution < 1.29 is 9.59 Å². The van der Waals surface area contributed by atoms with Crippen molar-refractivity contribution in [2.45, 2.75) is 65.6 Å². The van der Waals surface area contributed by atoms with Crippen LogP contribution in [0.5, 0.6) is 0 Å². The van der Waals surface area contributed by atoms with Gasteiger partial charge in [-0.25, -0.2) is 9.99 Å². The first-order valence-electron chi connectivity index (χ1n) is 16.4. The molecule has 240 valence electrons. The van der Waals surface area contributed by atoms with Gasteiger partial charge in [0.05, 0.1) is 43.3 Å². The van der Waals surface area contributed by atoms with E-state index in [0.29, 0.717) is 31.0 Å². The maximum Gasteiger partial charge on any atom is 0.248 e. The smallest absolute Gasteiger partial charge is 0.248 e. The van der Waals surface area contributed by atoms with Gasteiger partial charge in [-0.3, -0.25) is 24.8 Å². The highest BCUT2D eigenvalue weighted by atomic mass is 16.2. The number of hydrogen-bond acceptors (Lipinski definition) is 6. The number of piperidine rings is 1. The minimum atomic E-state index is -0.211. The fourth-order valence-corrected chi connectivity index (χ4v) is 6.41. The normalized spacial score (nSPS) is 14.9. The summed E-state index contributed by atoms with van der Waals surface area (Å²) in [6.07, 6.45) is 7.72. The topological polar surface area (TPSA) is 97.5 Å². The molecule has 1 saturated heterocycles. The predicted octanol–water partition coefficient (Wildman–Crippen LogP) is 5.74. The molecule has 1 aliphatic heterocycles. The molecule has 0 unspecified atom stereocenters. The number of anilines is 1. The van der Waals surface area contributed by atoms with Crippen molar-refractivity contribution in [1.82, 2.24) is 24.9 Å². The number of fused-ring (bicyclic) bond motifs is 1. The molecule has 1 N–H and O–H groups in total. The van der Waals surface area contributed by atoms with Gasteiger partial charge in [0.15, 0.2) is 0 Å². The lowest BCUT2D eigenvalue weighted by Gasteiger charge is -2.38. The zero-order chi connectivity index (χ0) is 32.5. The first-order chi connectivity index (χ1) is 22.4. The summed E-state index contributed by atoms with van der Waals surface area (Å²) in [6.45, 7) is 9.45. The second-order valence-electron chi connectivity index (χ2n) is 12.4. The zero-order valence-corrected chi connectivity index (χ0v) is 27.2. The van der Waals surface area contributed by atoms with Crippen molar-refractivity contribution in [3.05, 3.63) is 95.9 Å². The SMILES string of the molecule is CC[C@H](C)[C@@H](CN(CC(=O)NN1CCCCC1)Cc1cccc2ccccc12)N(C(C)=O)c1cncn1Cc1ccc(C#N)cc1. The average molecular weight is 620 g/mol. The van der Waals surface area contributed by atoms with Crippen LogP contribution >= 0.6 is 0 Å². The van der Waals surface area contributed by atoms with E-state index in [1.165, 1.54) is 6.42 Å². The van der Waals surface area contributed by atoms with Crippen molar-refractivity contribution in [1.29, 1.82) is 5.26 Å². The highest BCUT2D eigenvalue weighted by molar-refractivity contribution is 5.91. The summed E-state index contributed by atoms with van der Waals surface area (Å²) in [4.78, 5) is 35.6. The molecule has 46 heavy (non-hydrogen) atoms. The largest absolute Gasteiger partial charge is 0.313 e. The third kappa shape index (κ3) is 8.19. The van der Waals surface area contributed by atoms with E-state index in [4.69, 9.17) is 0 Å². The van der Waals surface area contributed by atoms with Gasteiger partial charge >= 0.3 is 0 Å². The standard InChI is InChI=1S/C37H45N7O2/c1-4-28(2)35(44(29(3)45)37-22-39-27-42(37)23-31-17-15-30(21-38)16-18-31)25-41(26-36(46)40-43-19-8-5-9-20-43)24-33-13-10-12-32-11-6-7-14-34(32)33/h6-7,10-18,22,27-28,35H,4-5,8-9,19-20,23-26H2,1-3H3,(H,40,46)/t28-,35+/m0/s1. The Morgan fingerprint density at radius 2 is 1.76 bits per heavy atom. The molecule has 0 saturated carbocycles. The Morgan fingerprint density at radius 1 is 1.02 bits per heavy atom. The molecule has 1 fully saturated rings. The molecule has 2 heterocycles. The van der Waals surface area contributed by atoms with Crippen molar-refractivity contribution in [3.63, 3.8) is 0 Å². The Hall–Kier alpha value is -4.52. The number of nitrogens with zero attached hydrogens (tertiary/aromatic N) is 6. The molecule has 3 aromatic carbocycles. The summed E-state index contributed by atoms with van der Waals surface area (Å²) in [5, 5.41) is 13.6. The Labute approximate surface area is 272 Å². The molecule has 1 aromatic heterocycles. The first-order valence-corrected chi connectivity index (χ1v) is 16.4. The number of carbonyl (C=O) groups is 2. The lowest BCUT2D eigenvalue weighted by Crippen LogP contribution is -2.53. The fourth-order valence-electron chi connectivity index (χ4n) is 6.41. The van der Waals surface area contributed by atoms with Gasteiger partial charge in [0.2, 0.25) is 11.8 Å². The van der Waals surface area contributed by atoms with Crippen LogP contribution in [0, 0.1) is 17.2 Å². The molecule has 0 bridgehead atoms. The average Bonchev–Trinajstić information content (AvgIpc) is 3.52. The second-order valence-corrected chi connectivity index (χ2v) is 12.4. The van der Waals surface area contributed by atoms with Gasteiger partial charge < -0.3 is 4.57 Å². The number of nitrogens with one attached hydrogen (secondary N) is 1. The Morgan fingerprint density at radius 3 is 2.48 bits per heavy atom. The molecule has 2 atom stereocenters. The Bertz CT molecular complexity index is 1650. The number of imidazole rings is 1. The molecule has 9 nitrogen and oxygen atoms in total. The van der Waals surface area contributed by atoms with Crippen LogP contribution < -0.4 is 10.3 Å². The highest BCUT2D eigenvalue weighted by Crippen LogP contribution is 2.27. The van der Waals surface area contributed by atoms with E-state index in [9.17, 15) is 14.9 Å². The van der Waals surface area contributed by atoms with E-state index >= 15 is 0 Å². The van der Waals surface area contributed by atoms with Gasteiger partial charge in [0.25, 0.3) is 0 Å². The number of rotatable bonds is 13. The van der Waals surface area contributed by atoms with Gasteiger partial charge in [0, 0.05) is 33.1 Å². The molecule has 2 amide bonds. The van der Waals surface area contributed by atoms with Crippen molar-refractivity contribution in [3.8, 4) is 6.07 Å². The minimum absolute atomic E-state index is 0.0368. The van der Waals surface area contributed by atoms with Gasteiger partial charge in [-0.05, 0) is 52.8 Å². The van der Waals surface area contributed by atoms with Crippen LogP contribution in [-0.4, -0.2) is 63.5 Å². The van der Waals surface area contributed by atoms with E-state index in [0.717, 1.165) is 54.3 Å². The molecule has 1 aliphatic rings. The van der Waals surface area contributed by atoms with Gasteiger partial charge in [-0.15, -0.1) is 0 Å². The zero-order valence-electron chi connectivity index (χ0n) is 27.2. The summed E-state index contributed by atoms with van der Waals surface area (Å²) < 4.78 is 1.98. The van der Waals surface area contributed by atoms with Gasteiger partial charge in [-0.1, -0.05) is 81.3 Å². The number of hydrogen-bond donors (Lipinski definition) is 1. The van der Waals surface area contributed by atoms with Gasteiger partial charge in [0.1, 0.15) is 5.82 Å². The lowest BCUT2D eigenvalue weighted by molar-refractivity contribution is -0.127. The van der Waals surface area contributed by atoms with Crippen LogP contribution in [0.3, 0.4) is 0 Å². The maximum atomic E-state index is 13.5. The molecule has 0 spiro atoms. The lowest BCUT2D eigenvalue weighted by atomic mass is 9.96. The van der Waals surface area contributed by atoms with Crippen LogP contribution in [0.1, 0.15) is 63.1 Å². The summed E-state index contributed by atoms with van der Waals surface area (Å²) >= 11 is 0. The highest BCUT2D eigenvalue weighted by Gasteiger charge is 2.32. The summed E-state index contributed by atoms with van der Waals surface area (Å²) in [5.74, 6) is 0.743. The quantitative estimate of drug-likeness (QED) is 0.205. The number of amides is 2. The van der Waals surface area contributed by atoms with Crippen LogP contribution in [0.15, 0.2) is 79.3 Å². The number of nitriles is 1. The van der Waals surface area contributed by atoms with E-state index in [1.807, 2.05) is 38.7 Å². The Kier molecular flexibility index (Phi) is 11.2. The summed E-state index contributed by atoms with van der Waals surface area (Å²) in [7, 11) is 0. The number of benzene rings is 3. The Balaban J connectivity index is 1.45. The van der Waals surface area contributed by atoms with Crippen molar-refractivity contribution >= 4 is 28.4 Å². The third-order valence-electron chi connectivity index (χ3n) is 9.07.